The van der Waals surface area contributed by atoms with E-state index in [0.29, 0.717) is 25.9 Å². The predicted octanol–water partition coefficient (Wildman–Crippen LogP) is 3.11. The van der Waals surface area contributed by atoms with E-state index in [1.54, 1.807) is 4.90 Å². The molecule has 0 spiro atoms. The fourth-order valence-electron chi connectivity index (χ4n) is 3.72. The lowest BCUT2D eigenvalue weighted by molar-refractivity contribution is -0.135. The first-order chi connectivity index (χ1) is 12.7. The minimum atomic E-state index is -0.491. The molecule has 0 aromatic heterocycles. The molecule has 0 bridgehead atoms. The largest absolute Gasteiger partial charge is 0.444 e. The van der Waals surface area contributed by atoms with Crippen molar-refractivity contribution < 1.29 is 19.1 Å². The summed E-state index contributed by atoms with van der Waals surface area (Å²) < 4.78 is 5.44. The van der Waals surface area contributed by atoms with Crippen LogP contribution < -0.4 is 5.32 Å². The second-order valence-corrected chi connectivity index (χ2v) is 8.37. The van der Waals surface area contributed by atoms with Crippen LogP contribution in [0.3, 0.4) is 0 Å². The molecule has 6 nitrogen and oxygen atoms in total. The molecule has 3 aliphatic rings. The number of nitrogens with zero attached hydrogens (tertiary/aromatic N) is 1. The van der Waals surface area contributed by atoms with E-state index in [0.717, 1.165) is 18.4 Å². The fourth-order valence-corrected chi connectivity index (χ4v) is 3.72. The van der Waals surface area contributed by atoms with Gasteiger partial charge in [-0.15, -0.1) is 0 Å². The maximum atomic E-state index is 12.2. The van der Waals surface area contributed by atoms with E-state index in [-0.39, 0.29) is 29.7 Å². The number of ether oxygens (including phenoxy) is 1. The van der Waals surface area contributed by atoms with Crippen LogP contribution in [0.2, 0.25) is 0 Å². The molecule has 0 radical (unpaired) electrons. The summed E-state index contributed by atoms with van der Waals surface area (Å²) in [6.07, 6.45) is 10.8. The van der Waals surface area contributed by atoms with E-state index in [1.165, 1.54) is 5.57 Å². The van der Waals surface area contributed by atoms with Gasteiger partial charge in [0.05, 0.1) is 5.92 Å². The molecule has 146 valence electrons. The van der Waals surface area contributed by atoms with E-state index in [9.17, 15) is 14.4 Å². The van der Waals surface area contributed by atoms with Crippen molar-refractivity contribution >= 4 is 17.9 Å². The molecule has 0 saturated carbocycles. The Morgan fingerprint density at radius 2 is 2.04 bits per heavy atom. The van der Waals surface area contributed by atoms with Crippen LogP contribution in [0.15, 0.2) is 35.5 Å². The van der Waals surface area contributed by atoms with Crippen LogP contribution in [-0.4, -0.2) is 41.5 Å². The summed E-state index contributed by atoms with van der Waals surface area (Å²) in [6.45, 7) is 6.79. The average molecular weight is 372 g/mol. The Morgan fingerprint density at radius 3 is 2.67 bits per heavy atom. The van der Waals surface area contributed by atoms with Gasteiger partial charge in [-0.1, -0.05) is 29.9 Å². The van der Waals surface area contributed by atoms with Crippen molar-refractivity contribution in [3.8, 4) is 0 Å². The summed E-state index contributed by atoms with van der Waals surface area (Å²) in [5.41, 5.74) is 1.80. The second-order valence-electron chi connectivity index (χ2n) is 8.37. The fraction of sp³-hybridized carbons (Fsp3) is 0.571. The zero-order chi connectivity index (χ0) is 19.6. The number of carbonyl (C=O) groups is 3. The zero-order valence-corrected chi connectivity index (χ0v) is 16.3. The van der Waals surface area contributed by atoms with Crippen LogP contribution in [0.4, 0.5) is 4.79 Å². The number of carbonyl (C=O) groups excluding carboxylic acids is 3. The molecule has 2 aliphatic heterocycles. The standard InChI is InChI=1S/C21H28N2O4/c1-21(2,3)27-20(26)23-11-9-14(10-12-23)15-5-4-6-16(13-15)17-7-8-18(24)22-19(17)25/h4,6,9,13,15,17H,5,7-8,10-12H2,1-3H3,(H,22,24,25). The molecule has 0 aromatic carbocycles. The summed E-state index contributed by atoms with van der Waals surface area (Å²) in [6, 6.07) is 0. The number of nitrogens with one attached hydrogen (secondary N) is 1. The van der Waals surface area contributed by atoms with E-state index in [1.807, 2.05) is 26.8 Å². The van der Waals surface area contributed by atoms with Gasteiger partial charge in [-0.05, 0) is 45.6 Å². The second kappa shape index (κ2) is 7.71. The molecule has 1 N–H and O–H groups in total. The van der Waals surface area contributed by atoms with Gasteiger partial charge in [-0.25, -0.2) is 4.79 Å². The summed E-state index contributed by atoms with van der Waals surface area (Å²) in [7, 11) is 0. The van der Waals surface area contributed by atoms with E-state index < -0.39 is 5.60 Å². The summed E-state index contributed by atoms with van der Waals surface area (Å²) in [5, 5.41) is 2.43. The van der Waals surface area contributed by atoms with Crippen LogP contribution in [-0.2, 0) is 14.3 Å². The van der Waals surface area contributed by atoms with Crippen LogP contribution in [0.25, 0.3) is 0 Å². The van der Waals surface area contributed by atoms with Gasteiger partial charge in [0, 0.05) is 25.4 Å². The SMILES string of the molecule is CC(C)(C)OC(=O)N1CC=C(C2C=C(C3CCC(=O)NC3=O)C=CC2)CC1. The Kier molecular flexibility index (Phi) is 5.53. The highest BCUT2D eigenvalue weighted by Gasteiger charge is 2.31. The van der Waals surface area contributed by atoms with Crippen molar-refractivity contribution in [2.75, 3.05) is 13.1 Å². The van der Waals surface area contributed by atoms with Crippen LogP contribution in [0, 0.1) is 11.8 Å². The molecular formula is C21H28N2O4. The van der Waals surface area contributed by atoms with Crippen molar-refractivity contribution in [2.24, 2.45) is 11.8 Å². The van der Waals surface area contributed by atoms with Gasteiger partial charge in [0.25, 0.3) is 0 Å². The van der Waals surface area contributed by atoms with Gasteiger partial charge in [0.2, 0.25) is 11.8 Å². The highest BCUT2D eigenvalue weighted by Crippen LogP contribution is 2.33. The number of hydrogen-bond acceptors (Lipinski definition) is 4. The van der Waals surface area contributed by atoms with Gasteiger partial charge in [0.15, 0.2) is 0 Å². The van der Waals surface area contributed by atoms with Crippen LogP contribution >= 0.6 is 0 Å². The summed E-state index contributed by atoms with van der Waals surface area (Å²) >= 11 is 0. The Morgan fingerprint density at radius 1 is 1.26 bits per heavy atom. The topological polar surface area (TPSA) is 75.7 Å². The minimum Gasteiger partial charge on any atom is -0.444 e. The highest BCUT2D eigenvalue weighted by atomic mass is 16.6. The molecule has 6 heteroatoms. The van der Waals surface area contributed by atoms with Gasteiger partial charge in [-0.2, -0.15) is 0 Å². The molecule has 1 aliphatic carbocycles. The highest BCUT2D eigenvalue weighted by molar-refractivity contribution is 6.00. The van der Waals surface area contributed by atoms with E-state index in [4.69, 9.17) is 4.74 Å². The quantitative estimate of drug-likeness (QED) is 0.597. The molecule has 2 heterocycles. The smallest absolute Gasteiger partial charge is 0.410 e. The first-order valence-corrected chi connectivity index (χ1v) is 9.62. The molecule has 27 heavy (non-hydrogen) atoms. The Labute approximate surface area is 160 Å². The number of amides is 3. The first kappa shape index (κ1) is 19.4. The molecule has 1 fully saturated rings. The van der Waals surface area contributed by atoms with Gasteiger partial charge >= 0.3 is 6.09 Å². The van der Waals surface area contributed by atoms with Crippen LogP contribution in [0.5, 0.6) is 0 Å². The number of rotatable bonds is 2. The lowest BCUT2D eigenvalue weighted by Gasteiger charge is -2.32. The van der Waals surface area contributed by atoms with E-state index >= 15 is 0 Å². The maximum Gasteiger partial charge on any atom is 0.410 e. The Balaban J connectivity index is 1.64. The molecule has 2 unspecified atom stereocenters. The molecule has 2 atom stereocenters. The lowest BCUT2D eigenvalue weighted by atomic mass is 9.81. The molecule has 0 aromatic rings. The number of imide groups is 1. The Bertz CT molecular complexity index is 727. The van der Waals surface area contributed by atoms with Crippen molar-refractivity contribution in [3.63, 3.8) is 0 Å². The zero-order valence-electron chi connectivity index (χ0n) is 16.3. The number of allylic oxidation sites excluding steroid dienone is 3. The Hall–Kier alpha value is -2.37. The van der Waals surface area contributed by atoms with Gasteiger partial charge in [0.1, 0.15) is 5.60 Å². The summed E-state index contributed by atoms with van der Waals surface area (Å²) in [5.74, 6) is -0.387. The first-order valence-electron chi connectivity index (χ1n) is 9.62. The van der Waals surface area contributed by atoms with Crippen molar-refractivity contribution in [1.82, 2.24) is 10.2 Å². The minimum absolute atomic E-state index is 0.189. The molecule has 1 saturated heterocycles. The molecule has 3 amide bonds. The number of piperidine rings is 1. The lowest BCUT2D eigenvalue weighted by Crippen LogP contribution is -2.41. The van der Waals surface area contributed by atoms with Crippen molar-refractivity contribution in [2.45, 2.75) is 52.1 Å². The third-order valence-corrected chi connectivity index (χ3v) is 5.11. The average Bonchev–Trinajstić information content (AvgIpc) is 2.60. The third kappa shape index (κ3) is 4.87. The normalized spacial score (nSPS) is 26.3. The van der Waals surface area contributed by atoms with Crippen molar-refractivity contribution in [3.05, 3.63) is 35.5 Å². The van der Waals surface area contributed by atoms with Crippen molar-refractivity contribution in [1.29, 1.82) is 0 Å². The number of hydrogen-bond donors (Lipinski definition) is 1. The van der Waals surface area contributed by atoms with Gasteiger partial charge < -0.3 is 9.64 Å². The van der Waals surface area contributed by atoms with Crippen LogP contribution in [0.1, 0.15) is 46.5 Å². The maximum absolute atomic E-state index is 12.2. The molecule has 3 rings (SSSR count). The predicted molar refractivity (Wildman–Crippen MR) is 102 cm³/mol. The third-order valence-electron chi connectivity index (χ3n) is 5.11. The molecular weight excluding hydrogens is 344 g/mol. The monoisotopic (exact) mass is 372 g/mol. The van der Waals surface area contributed by atoms with E-state index in [2.05, 4.69) is 23.5 Å². The summed E-state index contributed by atoms with van der Waals surface area (Å²) in [4.78, 5) is 37.4. The van der Waals surface area contributed by atoms with Gasteiger partial charge in [-0.3, -0.25) is 14.9 Å².